The Morgan fingerprint density at radius 2 is 1.75 bits per heavy atom. The summed E-state index contributed by atoms with van der Waals surface area (Å²) in [5, 5.41) is 0. The number of carbonyl (C=O) groups is 3. The molecule has 2 aromatic carbocycles. The van der Waals surface area contributed by atoms with Crippen molar-refractivity contribution in [3.8, 4) is 0 Å². The van der Waals surface area contributed by atoms with Gasteiger partial charge < -0.3 is 9.64 Å². The van der Waals surface area contributed by atoms with E-state index >= 15 is 0 Å². The fourth-order valence-electron chi connectivity index (χ4n) is 3.10. The Hall–Kier alpha value is -3.00. The van der Waals surface area contributed by atoms with Crippen LogP contribution in [0.4, 0.5) is 5.69 Å². The molecule has 8 heteroatoms. The van der Waals surface area contributed by atoms with Crippen LogP contribution in [0.2, 0.25) is 0 Å². The molecule has 2 aromatic rings. The lowest BCUT2D eigenvalue weighted by Gasteiger charge is -2.28. The Morgan fingerprint density at radius 3 is 2.32 bits per heavy atom. The first-order valence-electron chi connectivity index (χ1n) is 8.69. The van der Waals surface area contributed by atoms with E-state index in [1.807, 2.05) is 0 Å². The molecule has 3 rings (SSSR count). The van der Waals surface area contributed by atoms with Gasteiger partial charge in [-0.05, 0) is 30.7 Å². The topological polar surface area (TPSA) is 97.8 Å². The van der Waals surface area contributed by atoms with Crippen molar-refractivity contribution < 1.29 is 27.5 Å². The number of hydrogen-bond donors (Lipinski definition) is 0. The van der Waals surface area contributed by atoms with E-state index in [4.69, 9.17) is 4.74 Å². The molecule has 0 N–H and O–H groups in total. The van der Waals surface area contributed by atoms with Crippen LogP contribution in [-0.4, -0.2) is 50.7 Å². The summed E-state index contributed by atoms with van der Waals surface area (Å²) in [6, 6.07) is 14.1. The molecular formula is C20H19NO6S. The summed E-state index contributed by atoms with van der Waals surface area (Å²) in [5.74, 6) is -1.28. The molecule has 0 radical (unpaired) electrons. The predicted octanol–water partition coefficient (Wildman–Crippen LogP) is 1.88. The van der Waals surface area contributed by atoms with E-state index < -0.39 is 34.4 Å². The van der Waals surface area contributed by atoms with E-state index in [-0.39, 0.29) is 17.1 Å². The Bertz CT molecular complexity index is 970. The van der Waals surface area contributed by atoms with E-state index in [9.17, 15) is 22.8 Å². The summed E-state index contributed by atoms with van der Waals surface area (Å²) in [7, 11) is -3.19. The molecule has 7 nitrogen and oxygen atoms in total. The van der Waals surface area contributed by atoms with Gasteiger partial charge in [0.2, 0.25) is 0 Å². The van der Waals surface area contributed by atoms with Crippen molar-refractivity contribution >= 4 is 33.7 Å². The van der Waals surface area contributed by atoms with Crippen molar-refractivity contribution in [2.24, 2.45) is 0 Å². The minimum atomic E-state index is -3.19. The van der Waals surface area contributed by atoms with Crippen LogP contribution in [0.3, 0.4) is 0 Å². The summed E-state index contributed by atoms with van der Waals surface area (Å²) < 4.78 is 28.8. The van der Waals surface area contributed by atoms with Gasteiger partial charge in [-0.1, -0.05) is 30.3 Å². The summed E-state index contributed by atoms with van der Waals surface area (Å²) in [5.41, 5.74) is 1.19. The molecule has 0 bridgehead atoms. The third-order valence-electron chi connectivity index (χ3n) is 4.49. The molecule has 0 spiro atoms. The van der Waals surface area contributed by atoms with E-state index in [2.05, 4.69) is 0 Å². The smallest absolute Gasteiger partial charge is 0.338 e. The lowest BCUT2D eigenvalue weighted by atomic mass is 10.1. The van der Waals surface area contributed by atoms with Crippen LogP contribution >= 0.6 is 0 Å². The largest absolute Gasteiger partial charge is 0.452 e. The highest BCUT2D eigenvalue weighted by atomic mass is 32.2. The van der Waals surface area contributed by atoms with Crippen molar-refractivity contribution in [3.05, 3.63) is 65.7 Å². The van der Waals surface area contributed by atoms with Crippen LogP contribution in [0, 0.1) is 0 Å². The van der Waals surface area contributed by atoms with E-state index in [0.717, 1.165) is 0 Å². The lowest BCUT2D eigenvalue weighted by Crippen LogP contribution is -2.43. The quantitative estimate of drug-likeness (QED) is 0.541. The van der Waals surface area contributed by atoms with E-state index in [1.165, 1.54) is 29.2 Å². The number of ether oxygens (including phenoxy) is 1. The maximum Gasteiger partial charge on any atom is 0.338 e. The molecular weight excluding hydrogens is 382 g/mol. The number of hydrogen-bond acceptors (Lipinski definition) is 6. The standard InChI is InChI=1S/C20H19NO6S/c22-12-15-6-8-16(9-7-15)20(24)27-13-19(23)21(17-4-2-1-3-5-17)18-10-11-28(25,26)14-18/h1-9,12,18H,10-11,13-14H2/t18-/m1/s1. The average molecular weight is 401 g/mol. The first kappa shape index (κ1) is 19.8. The third-order valence-corrected chi connectivity index (χ3v) is 6.24. The van der Waals surface area contributed by atoms with Gasteiger partial charge in [0, 0.05) is 11.3 Å². The number of aldehydes is 1. The Morgan fingerprint density at radius 1 is 1.07 bits per heavy atom. The summed E-state index contributed by atoms with van der Waals surface area (Å²) >= 11 is 0. The van der Waals surface area contributed by atoms with Gasteiger partial charge in [-0.15, -0.1) is 0 Å². The van der Waals surface area contributed by atoms with Crippen molar-refractivity contribution in [1.29, 1.82) is 0 Å². The number of sulfone groups is 1. The van der Waals surface area contributed by atoms with Crippen molar-refractivity contribution in [2.45, 2.75) is 12.5 Å². The van der Waals surface area contributed by atoms with Crippen LogP contribution in [0.15, 0.2) is 54.6 Å². The molecule has 1 heterocycles. The minimum Gasteiger partial charge on any atom is -0.452 e. The van der Waals surface area contributed by atoms with Crippen molar-refractivity contribution in [1.82, 2.24) is 0 Å². The monoisotopic (exact) mass is 401 g/mol. The van der Waals surface area contributed by atoms with Gasteiger partial charge in [-0.25, -0.2) is 13.2 Å². The number of amides is 1. The van der Waals surface area contributed by atoms with Gasteiger partial charge in [0.1, 0.15) is 6.29 Å². The molecule has 0 aliphatic carbocycles. The maximum atomic E-state index is 12.8. The van der Waals surface area contributed by atoms with Crippen molar-refractivity contribution in [2.75, 3.05) is 23.0 Å². The number of nitrogens with zero attached hydrogens (tertiary/aromatic N) is 1. The van der Waals surface area contributed by atoms with Crippen LogP contribution in [0.1, 0.15) is 27.1 Å². The van der Waals surface area contributed by atoms with Gasteiger partial charge in [0.05, 0.1) is 23.1 Å². The summed E-state index contributed by atoms with van der Waals surface area (Å²) in [6.07, 6.45) is 0.996. The second-order valence-electron chi connectivity index (χ2n) is 6.47. The number of benzene rings is 2. The van der Waals surface area contributed by atoms with E-state index in [0.29, 0.717) is 24.0 Å². The lowest BCUT2D eigenvalue weighted by molar-refractivity contribution is -0.122. The van der Waals surface area contributed by atoms with Crippen LogP contribution in [0.25, 0.3) is 0 Å². The zero-order valence-corrected chi connectivity index (χ0v) is 15.8. The van der Waals surface area contributed by atoms with Gasteiger partial charge in [-0.2, -0.15) is 0 Å². The van der Waals surface area contributed by atoms with Gasteiger partial charge >= 0.3 is 5.97 Å². The van der Waals surface area contributed by atoms with Crippen LogP contribution in [-0.2, 0) is 19.4 Å². The molecule has 146 valence electrons. The molecule has 1 atom stereocenters. The van der Waals surface area contributed by atoms with Gasteiger partial charge in [0.15, 0.2) is 16.4 Å². The average Bonchev–Trinajstić information content (AvgIpc) is 3.06. The molecule has 28 heavy (non-hydrogen) atoms. The number of esters is 1. The molecule has 1 fully saturated rings. The van der Waals surface area contributed by atoms with Gasteiger partial charge in [0.25, 0.3) is 5.91 Å². The molecule has 1 saturated heterocycles. The van der Waals surface area contributed by atoms with E-state index in [1.54, 1.807) is 30.3 Å². The highest BCUT2D eigenvalue weighted by Gasteiger charge is 2.35. The number of carbonyl (C=O) groups excluding carboxylic acids is 3. The second-order valence-corrected chi connectivity index (χ2v) is 8.70. The zero-order chi connectivity index (χ0) is 20.1. The fraction of sp³-hybridized carbons (Fsp3) is 0.250. The summed E-state index contributed by atoms with van der Waals surface area (Å²) in [6.45, 7) is -0.514. The van der Waals surface area contributed by atoms with Gasteiger partial charge in [-0.3, -0.25) is 9.59 Å². The van der Waals surface area contributed by atoms with Crippen LogP contribution in [0.5, 0.6) is 0 Å². The van der Waals surface area contributed by atoms with Crippen molar-refractivity contribution in [3.63, 3.8) is 0 Å². The molecule has 1 aliphatic rings. The molecule has 0 saturated carbocycles. The fourth-order valence-corrected chi connectivity index (χ4v) is 4.80. The Balaban J connectivity index is 1.72. The molecule has 0 aromatic heterocycles. The SMILES string of the molecule is O=Cc1ccc(C(=O)OCC(=O)N(c2ccccc2)[C@@H]2CCS(=O)(=O)C2)cc1. The number of anilines is 1. The summed E-state index contributed by atoms with van der Waals surface area (Å²) in [4.78, 5) is 37.0. The maximum absolute atomic E-state index is 12.8. The zero-order valence-electron chi connectivity index (χ0n) is 15.0. The highest BCUT2D eigenvalue weighted by Crippen LogP contribution is 2.24. The third kappa shape index (κ3) is 4.64. The predicted molar refractivity (Wildman–Crippen MR) is 103 cm³/mol. The number of para-hydroxylation sites is 1. The minimum absolute atomic E-state index is 0.0249. The van der Waals surface area contributed by atoms with Crippen LogP contribution < -0.4 is 4.90 Å². The Labute approximate surface area is 162 Å². The first-order valence-corrected chi connectivity index (χ1v) is 10.5. The highest BCUT2D eigenvalue weighted by molar-refractivity contribution is 7.91. The first-order chi connectivity index (χ1) is 13.4. The Kier molecular flexibility index (Phi) is 5.89. The number of rotatable bonds is 6. The molecule has 1 amide bonds. The normalized spacial score (nSPS) is 17.6. The molecule has 0 unspecified atom stereocenters. The second kappa shape index (κ2) is 8.35. The molecule has 1 aliphatic heterocycles.